The van der Waals surface area contributed by atoms with E-state index in [0.717, 1.165) is 25.7 Å². The Labute approximate surface area is 327 Å². The van der Waals surface area contributed by atoms with Crippen molar-refractivity contribution in [1.29, 1.82) is 0 Å². The number of quaternary nitrogens is 1. The smallest absolute Gasteiger partial charge is 0.389 e. The van der Waals surface area contributed by atoms with Crippen LogP contribution in [-0.4, -0.2) is 95.9 Å². The van der Waals surface area contributed by atoms with Crippen molar-refractivity contribution in [2.24, 2.45) is 0 Å². The molecule has 0 rings (SSSR count). The Morgan fingerprint density at radius 3 is 2.07 bits per heavy atom. The van der Waals surface area contributed by atoms with Gasteiger partial charge in [0.1, 0.15) is 13.2 Å². The Kier molecular flexibility index (Phi) is 32.0. The maximum atomic E-state index is 12.8. The van der Waals surface area contributed by atoms with Crippen molar-refractivity contribution in [1.82, 2.24) is 5.32 Å². The molecule has 1 amide bonds. The number of rotatable bonds is 33. The van der Waals surface area contributed by atoms with Crippen LogP contribution in [0.4, 0.5) is 0 Å². The lowest BCUT2D eigenvalue weighted by Gasteiger charge is -2.25. The summed E-state index contributed by atoms with van der Waals surface area (Å²) in [6, 6.07) is -0.955. The molecule has 0 aromatic carbocycles. The summed E-state index contributed by atoms with van der Waals surface area (Å²) in [5.41, 5.74) is 0. The molecule has 5 atom stereocenters. The second-order valence-electron chi connectivity index (χ2n) is 14.3. The van der Waals surface area contributed by atoms with Gasteiger partial charge in [-0.3, -0.25) is 13.8 Å². The fourth-order valence-corrected chi connectivity index (χ4v) is 5.47. The summed E-state index contributed by atoms with van der Waals surface area (Å²) in [4.78, 5) is 23.0. The molecule has 0 spiro atoms. The first kappa shape index (κ1) is 51.3. The number of allylic oxidation sites excluding steroid dienone is 11. The molecule has 308 valence electrons. The number of aliphatic hydroxyl groups excluding tert-OH is 3. The topological polar surface area (TPSA) is 146 Å². The Balaban J connectivity index is 4.82. The van der Waals surface area contributed by atoms with Crippen LogP contribution in [0.15, 0.2) is 97.2 Å². The van der Waals surface area contributed by atoms with Gasteiger partial charge in [-0.1, -0.05) is 137 Å². The van der Waals surface area contributed by atoms with E-state index in [1.165, 1.54) is 32.1 Å². The van der Waals surface area contributed by atoms with E-state index in [1.807, 2.05) is 75.8 Å². The number of phosphoric acid groups is 1. The molecule has 0 aromatic rings. The van der Waals surface area contributed by atoms with Gasteiger partial charge in [-0.25, -0.2) is 4.57 Å². The molecular weight excluding hydrogens is 703 g/mol. The molecule has 0 saturated carbocycles. The Hall–Kier alpha value is -2.66. The van der Waals surface area contributed by atoms with Gasteiger partial charge in [-0.15, -0.1) is 0 Å². The molecule has 0 bridgehead atoms. The zero-order valence-electron chi connectivity index (χ0n) is 33.9. The summed E-state index contributed by atoms with van der Waals surface area (Å²) in [6.07, 6.45) is 39.9. The largest absolute Gasteiger partial charge is 0.472 e. The van der Waals surface area contributed by atoms with E-state index in [4.69, 9.17) is 9.05 Å². The molecular formula is C43H74N2O8P+. The van der Waals surface area contributed by atoms with Gasteiger partial charge in [0.15, 0.2) is 0 Å². The van der Waals surface area contributed by atoms with Crippen molar-refractivity contribution in [2.75, 3.05) is 40.9 Å². The Morgan fingerprint density at radius 1 is 0.722 bits per heavy atom. The van der Waals surface area contributed by atoms with Gasteiger partial charge in [0.25, 0.3) is 0 Å². The Morgan fingerprint density at radius 2 is 1.37 bits per heavy atom. The normalized spacial score (nSPS) is 16.7. The summed E-state index contributed by atoms with van der Waals surface area (Å²) in [5.74, 6) is -0.333. The quantitative estimate of drug-likeness (QED) is 0.0147. The first-order chi connectivity index (χ1) is 25.8. The molecule has 11 heteroatoms. The highest BCUT2D eigenvalue weighted by Gasteiger charge is 2.27. The molecule has 5 N–H and O–H groups in total. The predicted octanol–water partition coefficient (Wildman–Crippen LogP) is 8.34. The van der Waals surface area contributed by atoms with E-state index in [-0.39, 0.29) is 18.9 Å². The van der Waals surface area contributed by atoms with E-state index in [0.29, 0.717) is 36.7 Å². The first-order valence-corrected chi connectivity index (χ1v) is 21.3. The average Bonchev–Trinajstić information content (AvgIpc) is 3.10. The second kappa shape index (κ2) is 33.7. The van der Waals surface area contributed by atoms with Gasteiger partial charge >= 0.3 is 7.82 Å². The summed E-state index contributed by atoms with van der Waals surface area (Å²) in [6.45, 7) is 4.36. The number of carbonyl (C=O) groups excluding carboxylic acids is 1. The lowest BCUT2D eigenvalue weighted by atomic mass is 10.1. The van der Waals surface area contributed by atoms with E-state index in [2.05, 4.69) is 31.3 Å². The minimum absolute atomic E-state index is 0.0122. The fourth-order valence-electron chi connectivity index (χ4n) is 4.73. The lowest BCUT2D eigenvalue weighted by molar-refractivity contribution is -0.870. The number of amides is 1. The SMILES string of the molecule is CC/C=C\C[C@H](O)/C=C/C=C\C/C=C\C=C\[C@H](O)/C=C\CCCC(=O)N[C@@H](COP(=O)(O)OCC[N+](C)(C)C)[C@H](O)/C=C/CC/C=C\CCCCCCC. The van der Waals surface area contributed by atoms with Crippen LogP contribution in [0.3, 0.4) is 0 Å². The van der Waals surface area contributed by atoms with Crippen LogP contribution < -0.4 is 5.32 Å². The summed E-state index contributed by atoms with van der Waals surface area (Å²) < 4.78 is 23.3. The number of nitrogens with zero attached hydrogens (tertiary/aromatic N) is 1. The van der Waals surface area contributed by atoms with Crippen LogP contribution >= 0.6 is 7.82 Å². The molecule has 10 nitrogen and oxygen atoms in total. The monoisotopic (exact) mass is 778 g/mol. The molecule has 0 radical (unpaired) electrons. The summed E-state index contributed by atoms with van der Waals surface area (Å²) in [7, 11) is 1.40. The van der Waals surface area contributed by atoms with Gasteiger partial charge < -0.3 is 30.0 Å². The van der Waals surface area contributed by atoms with E-state index < -0.39 is 38.8 Å². The van der Waals surface area contributed by atoms with Crippen LogP contribution in [0.1, 0.15) is 104 Å². The number of hydrogen-bond donors (Lipinski definition) is 5. The van der Waals surface area contributed by atoms with Gasteiger partial charge in [-0.05, 0) is 57.8 Å². The third kappa shape index (κ3) is 35.1. The van der Waals surface area contributed by atoms with E-state index in [9.17, 15) is 29.6 Å². The molecule has 0 aromatic heterocycles. The van der Waals surface area contributed by atoms with Crippen LogP contribution in [0.2, 0.25) is 0 Å². The van der Waals surface area contributed by atoms with E-state index in [1.54, 1.807) is 30.4 Å². The number of unbranched alkanes of at least 4 members (excludes halogenated alkanes) is 7. The van der Waals surface area contributed by atoms with Gasteiger partial charge in [0.05, 0.1) is 52.1 Å². The van der Waals surface area contributed by atoms with Gasteiger partial charge in [0.2, 0.25) is 5.91 Å². The van der Waals surface area contributed by atoms with Gasteiger partial charge in [0, 0.05) is 6.42 Å². The predicted molar refractivity (Wildman–Crippen MR) is 224 cm³/mol. The van der Waals surface area contributed by atoms with Crippen LogP contribution in [0, 0.1) is 0 Å². The van der Waals surface area contributed by atoms with Crippen molar-refractivity contribution >= 4 is 13.7 Å². The third-order valence-corrected chi connectivity index (χ3v) is 8.95. The molecule has 0 aliphatic carbocycles. The standard InChI is InChI=1S/C43H73N2O8P/c1-6-8-10-11-12-13-14-15-19-22-28-34-42(48)41(38-53-54(50,51)52-37-36-45(3,4)5)44-43(49)35-29-23-27-33-40(47)32-26-21-18-16-17-20-25-31-39(46)30-24-9-7-2/h9,14-15,17-18,20-21,24-28,31-34,39-42,46-48H,6-8,10-13,16,19,22-23,29-30,35-38H2,1-5H3,(H-,44,49,50,51)/p+1/b15-14-,20-17-,21-18-,24-9-,31-25+,32-26+,33-27-,34-28+/t39-,40-,41-,42+/m0/s1. The van der Waals surface area contributed by atoms with Crippen molar-refractivity contribution in [2.45, 2.75) is 128 Å². The van der Waals surface area contributed by atoms with Crippen molar-refractivity contribution in [3.8, 4) is 0 Å². The second-order valence-corrected chi connectivity index (χ2v) is 15.8. The highest BCUT2D eigenvalue weighted by atomic mass is 31.2. The molecule has 0 fully saturated rings. The molecule has 0 saturated heterocycles. The molecule has 0 heterocycles. The van der Waals surface area contributed by atoms with E-state index >= 15 is 0 Å². The number of hydrogen-bond acceptors (Lipinski definition) is 7. The zero-order valence-corrected chi connectivity index (χ0v) is 34.8. The fraction of sp³-hybridized carbons (Fsp3) is 0.605. The maximum Gasteiger partial charge on any atom is 0.472 e. The molecule has 1 unspecified atom stereocenters. The maximum absolute atomic E-state index is 12.8. The molecule has 54 heavy (non-hydrogen) atoms. The van der Waals surface area contributed by atoms with Crippen molar-refractivity contribution in [3.05, 3.63) is 97.2 Å². The highest BCUT2D eigenvalue weighted by Crippen LogP contribution is 2.43. The van der Waals surface area contributed by atoms with Crippen LogP contribution in [0.5, 0.6) is 0 Å². The van der Waals surface area contributed by atoms with Crippen LogP contribution in [0.25, 0.3) is 0 Å². The Bertz CT molecular complexity index is 1230. The van der Waals surface area contributed by atoms with Crippen molar-refractivity contribution < 1.29 is 43.1 Å². The number of nitrogens with one attached hydrogen (secondary N) is 1. The average molecular weight is 778 g/mol. The van der Waals surface area contributed by atoms with Gasteiger partial charge in [-0.2, -0.15) is 0 Å². The first-order valence-electron chi connectivity index (χ1n) is 19.9. The number of carbonyl (C=O) groups is 1. The number of aliphatic hydroxyl groups is 3. The minimum atomic E-state index is -4.40. The molecule has 0 aliphatic rings. The van der Waals surface area contributed by atoms with Crippen molar-refractivity contribution in [3.63, 3.8) is 0 Å². The molecule has 0 aliphatic heterocycles. The number of likely N-dealkylation sites (N-methyl/N-ethyl adjacent to an activating group) is 1. The lowest BCUT2D eigenvalue weighted by Crippen LogP contribution is -2.45. The summed E-state index contributed by atoms with van der Waals surface area (Å²) in [5, 5.41) is 33.6. The zero-order chi connectivity index (χ0) is 40.3. The highest BCUT2D eigenvalue weighted by molar-refractivity contribution is 7.47. The third-order valence-electron chi connectivity index (χ3n) is 7.96. The summed E-state index contributed by atoms with van der Waals surface area (Å²) >= 11 is 0. The number of phosphoric ester groups is 1. The van der Waals surface area contributed by atoms with Crippen LogP contribution in [-0.2, 0) is 18.4 Å². The minimum Gasteiger partial charge on any atom is -0.389 e.